The van der Waals surface area contributed by atoms with Gasteiger partial charge >= 0.3 is 0 Å². The molecule has 9 heterocycles. The average molecular weight is 1320 g/mol. The number of halogens is 3. The molecule has 6 aromatic carbocycles. The van der Waals surface area contributed by atoms with E-state index >= 15 is 0 Å². The van der Waals surface area contributed by atoms with Gasteiger partial charge in [-0.2, -0.15) is 0 Å². The lowest BCUT2D eigenvalue weighted by atomic mass is 10.00. The van der Waals surface area contributed by atoms with Crippen molar-refractivity contribution in [3.05, 3.63) is 268 Å². The van der Waals surface area contributed by atoms with E-state index in [4.69, 9.17) is 29.2 Å². The standard InChI is InChI=1S/2C26H26FN5O.C25H24FN5O/c1-18-16-31(17-29-18)23-11-6-19(14-25(23)33-3)13-21-5-4-12-32-26(21)28-15-24(30(32)2)20-7-9-22(27)10-8-20;1-17-15-31(16-28-17)23-11-6-19(14-24(23)33-3)13-21-5-4-12-32-26(21)29-18(2)25(30-32)20-7-9-22(27)10-8-20;1-17-15-30(16-28-17)23-10-5-18(13-24(23)32-2)12-20-4-3-11-31-25(20)27-14-22(29-31)19-6-8-21(26)9-7-19/h6-11,13-17H,4-5,12H2,1-3H3;6-11,13-16,30H,4-5,12H2,1-3H3;5-10,12-16,29H,3-4,11H2,1-2H3/b2*21-13+;20-12+. The first-order chi connectivity index (χ1) is 47.6. The lowest BCUT2D eigenvalue weighted by Crippen LogP contribution is -2.48. The minimum Gasteiger partial charge on any atom is -0.495 e. The molecule has 3 saturated heterocycles. The van der Waals surface area contributed by atoms with E-state index in [0.29, 0.717) is 0 Å². The Hall–Kier alpha value is -11.6. The zero-order valence-corrected chi connectivity index (χ0v) is 56.0. The van der Waals surface area contributed by atoms with Gasteiger partial charge < -0.3 is 27.9 Å². The molecular weight excluding hydrogens is 1240 g/mol. The molecule has 0 unspecified atom stereocenters. The van der Waals surface area contributed by atoms with Crippen LogP contribution in [0.4, 0.5) is 13.2 Å². The Labute approximate surface area is 568 Å². The molecule has 15 rings (SSSR count). The van der Waals surface area contributed by atoms with Crippen molar-refractivity contribution in [3.8, 4) is 34.3 Å². The van der Waals surface area contributed by atoms with E-state index < -0.39 is 0 Å². The number of hydrogen-bond donors (Lipinski definition) is 2. The number of allylic oxidation sites excluding steroid dienone is 1. The van der Waals surface area contributed by atoms with E-state index in [1.165, 1.54) is 47.5 Å². The molecule has 0 atom stereocenters. The summed E-state index contributed by atoms with van der Waals surface area (Å²) in [6.07, 6.45) is 27.4. The first kappa shape index (κ1) is 65.1. The van der Waals surface area contributed by atoms with Crippen LogP contribution in [0.5, 0.6) is 17.2 Å². The number of methoxy groups -OCH3 is 3. The number of aromatic nitrogens is 6. The largest absolute Gasteiger partial charge is 0.495 e. The zero-order chi connectivity index (χ0) is 68.0. The highest BCUT2D eigenvalue weighted by Crippen LogP contribution is 2.36. The van der Waals surface area contributed by atoms with Crippen molar-refractivity contribution in [1.29, 1.82) is 0 Å². The number of rotatable bonds is 12. The molecule has 2 N–H and O–H groups in total. The fourth-order valence-electron chi connectivity index (χ4n) is 12.7. The topological polar surface area (TPSA) is 155 Å². The molecule has 98 heavy (non-hydrogen) atoms. The van der Waals surface area contributed by atoms with Crippen LogP contribution in [0.2, 0.25) is 0 Å². The molecule has 498 valence electrons. The minimum atomic E-state index is -0.248. The summed E-state index contributed by atoms with van der Waals surface area (Å²) in [4.78, 5) is 27.4. The van der Waals surface area contributed by atoms with Gasteiger partial charge in [-0.1, -0.05) is 18.2 Å². The molecule has 6 aliphatic heterocycles. The van der Waals surface area contributed by atoms with Gasteiger partial charge in [0.05, 0.1) is 110 Å². The first-order valence-electron chi connectivity index (χ1n) is 32.6. The van der Waals surface area contributed by atoms with E-state index in [1.807, 2.05) is 116 Å². The summed E-state index contributed by atoms with van der Waals surface area (Å²) in [5.41, 5.74) is 25.7. The monoisotopic (exact) mass is 1320 g/mol. The van der Waals surface area contributed by atoms with Gasteiger partial charge in [-0.3, -0.25) is 30.9 Å². The molecule has 0 radical (unpaired) electrons. The molecule has 0 spiro atoms. The Morgan fingerprint density at radius 2 is 0.857 bits per heavy atom. The highest BCUT2D eigenvalue weighted by Gasteiger charge is 2.31. The number of fused-ring (bicyclic) bond motifs is 3. The van der Waals surface area contributed by atoms with Crippen LogP contribution in [-0.2, 0) is 0 Å². The van der Waals surface area contributed by atoms with Crippen LogP contribution in [0.1, 0.15) is 95.9 Å². The van der Waals surface area contributed by atoms with Crippen LogP contribution < -0.4 is 25.1 Å². The second-order valence-corrected chi connectivity index (χ2v) is 24.4. The van der Waals surface area contributed by atoms with Crippen LogP contribution in [0.3, 0.4) is 0 Å². The Morgan fingerprint density at radius 1 is 0.449 bits per heavy atom. The summed E-state index contributed by atoms with van der Waals surface area (Å²) in [5.74, 6) is 4.41. The molecule has 21 heteroatoms. The highest BCUT2D eigenvalue weighted by molar-refractivity contribution is 6.06. The van der Waals surface area contributed by atoms with Gasteiger partial charge in [0.2, 0.25) is 0 Å². The molecule has 3 aromatic heterocycles. The molecule has 0 saturated carbocycles. The molecule has 18 nitrogen and oxygen atoms in total. The van der Waals surface area contributed by atoms with Crippen LogP contribution in [0.25, 0.3) is 52.4 Å². The molecule has 9 aromatic rings. The predicted octanol–water partition coefficient (Wildman–Crippen LogP) is 14.9. The molecule has 0 bridgehead atoms. The number of hydrogen-bond acceptors (Lipinski definition) is 15. The van der Waals surface area contributed by atoms with Crippen molar-refractivity contribution >= 4 is 52.8 Å². The van der Waals surface area contributed by atoms with E-state index in [0.717, 1.165) is 189 Å². The Balaban J connectivity index is 0.000000132. The van der Waals surface area contributed by atoms with Crippen LogP contribution in [-0.4, -0.2) is 114 Å². The molecular formula is C77H76F3N15O3. The summed E-state index contributed by atoms with van der Waals surface area (Å²) in [6, 6.07) is 38.0. The van der Waals surface area contributed by atoms with Crippen LogP contribution in [0, 0.1) is 38.2 Å². The quantitative estimate of drug-likeness (QED) is 0.120. The Morgan fingerprint density at radius 3 is 1.31 bits per heavy atom. The predicted molar refractivity (Wildman–Crippen MR) is 380 cm³/mol. The Kier molecular flexibility index (Phi) is 19.1. The van der Waals surface area contributed by atoms with Gasteiger partial charge in [0.25, 0.3) is 0 Å². The summed E-state index contributed by atoms with van der Waals surface area (Å²) in [7, 11) is 7.07. The lowest BCUT2D eigenvalue weighted by Gasteiger charge is -2.42. The van der Waals surface area contributed by atoms with Gasteiger partial charge in [-0.15, -0.1) is 0 Å². The summed E-state index contributed by atoms with van der Waals surface area (Å²) in [5, 5.41) is 8.44. The SMILES string of the molecule is COc1cc(/C=C2\CCCN3C2=NC=C(c2ccc(F)cc2)N3C)ccc1-n1cnc(C)c1.COc1cc(/C=C2\CCCN3NC(c4ccc(F)cc4)=C(C)N=C23)ccc1-n1cnc(C)c1.COc1cc(/C=C2\CCCN3NC(c4ccc(F)cc4)=CN=C23)ccc1-n1cnc(C)c1. The molecule has 0 aliphatic carbocycles. The number of benzene rings is 6. The highest BCUT2D eigenvalue weighted by atomic mass is 19.1. The van der Waals surface area contributed by atoms with Gasteiger partial charge in [-0.25, -0.2) is 43.1 Å². The second-order valence-electron chi connectivity index (χ2n) is 24.4. The van der Waals surface area contributed by atoms with E-state index in [9.17, 15) is 13.2 Å². The van der Waals surface area contributed by atoms with Crippen molar-refractivity contribution in [1.82, 2.24) is 59.5 Å². The third-order valence-corrected chi connectivity index (χ3v) is 17.6. The maximum absolute atomic E-state index is 13.4. The summed E-state index contributed by atoms with van der Waals surface area (Å²) in [6.45, 7) is 10.5. The lowest BCUT2D eigenvalue weighted by molar-refractivity contribution is 0.139. The van der Waals surface area contributed by atoms with Crippen molar-refractivity contribution in [2.24, 2.45) is 15.0 Å². The third-order valence-electron chi connectivity index (χ3n) is 17.6. The summed E-state index contributed by atoms with van der Waals surface area (Å²) >= 11 is 0. The first-order valence-corrected chi connectivity index (χ1v) is 32.6. The second kappa shape index (κ2) is 28.8. The molecule has 0 amide bonds. The van der Waals surface area contributed by atoms with Gasteiger partial charge in [0.1, 0.15) is 46.4 Å². The zero-order valence-electron chi connectivity index (χ0n) is 56.0. The number of nitrogens with one attached hydrogen (secondary N) is 2. The van der Waals surface area contributed by atoms with Crippen LogP contribution >= 0.6 is 0 Å². The van der Waals surface area contributed by atoms with Crippen molar-refractivity contribution < 1.29 is 27.4 Å². The number of hydrazine groups is 3. The van der Waals surface area contributed by atoms with Gasteiger partial charge in [-0.05, 0) is 227 Å². The number of nitrogens with zero attached hydrogens (tertiary/aromatic N) is 13. The number of piperidine rings is 3. The summed E-state index contributed by atoms with van der Waals surface area (Å²) < 4.78 is 62.9. The average Bonchev–Trinajstić information content (AvgIpc) is 1.57. The minimum absolute atomic E-state index is 0.241. The normalized spacial score (nSPS) is 17.0. The van der Waals surface area contributed by atoms with Crippen LogP contribution in [0.15, 0.2) is 215 Å². The Bertz CT molecular complexity index is 4740. The van der Waals surface area contributed by atoms with Crippen molar-refractivity contribution in [2.45, 2.75) is 66.2 Å². The van der Waals surface area contributed by atoms with Crippen molar-refractivity contribution in [3.63, 3.8) is 0 Å². The van der Waals surface area contributed by atoms with E-state index in [-0.39, 0.29) is 17.5 Å². The van der Waals surface area contributed by atoms with Gasteiger partial charge in [0.15, 0.2) is 5.84 Å². The fraction of sp³-hybridized carbons (Fsp3) is 0.221. The maximum Gasteiger partial charge on any atom is 0.150 e. The maximum atomic E-state index is 13.4. The number of imidazole rings is 3. The van der Waals surface area contributed by atoms with E-state index in [1.54, 1.807) is 76.7 Å². The number of amidine groups is 3. The third kappa shape index (κ3) is 14.3. The molecule has 3 fully saturated rings. The van der Waals surface area contributed by atoms with E-state index in [2.05, 4.69) is 82.3 Å². The number of aliphatic imine (C=N–C) groups is 3. The molecule has 6 aliphatic rings. The fourth-order valence-corrected chi connectivity index (χ4v) is 12.7. The smallest absolute Gasteiger partial charge is 0.150 e. The number of ether oxygens (including phenoxy) is 3. The number of aryl methyl sites for hydroxylation is 3. The van der Waals surface area contributed by atoms with Gasteiger partial charge in [0, 0.05) is 62.0 Å². The van der Waals surface area contributed by atoms with Crippen molar-refractivity contribution in [2.75, 3.05) is 48.0 Å².